The average Bonchev–Trinajstić information content (AvgIpc) is 2.84. The number of rotatable bonds is 4. The lowest BCUT2D eigenvalue weighted by atomic mass is 9.47. The summed E-state index contributed by atoms with van der Waals surface area (Å²) in [7, 11) is 0. The molecule has 5 atom stereocenters. The molecule has 25 heavy (non-hydrogen) atoms. The van der Waals surface area contributed by atoms with E-state index in [2.05, 4.69) is 19.9 Å². The molecule has 1 saturated carbocycles. The summed E-state index contributed by atoms with van der Waals surface area (Å²) < 4.78 is 4.77. The van der Waals surface area contributed by atoms with Gasteiger partial charge in [-0.25, -0.2) is 4.79 Å². The Hall–Kier alpha value is -1.62. The topological polar surface area (TPSA) is 83.8 Å². The second-order valence-corrected chi connectivity index (χ2v) is 8.42. The third-order valence-electron chi connectivity index (χ3n) is 7.06. The molecule has 0 spiro atoms. The molecule has 0 saturated heterocycles. The summed E-state index contributed by atoms with van der Waals surface area (Å²) in [5, 5.41) is 19.7. The molecular weight excluding hydrogens is 320 g/mol. The number of aliphatic carboxylic acids is 1. The molecular formula is C20H28O5. The van der Waals surface area contributed by atoms with Crippen LogP contribution in [0, 0.1) is 22.7 Å². The van der Waals surface area contributed by atoms with Gasteiger partial charge in [0.2, 0.25) is 6.29 Å². The van der Waals surface area contributed by atoms with Crippen molar-refractivity contribution < 1.29 is 24.5 Å². The first-order valence-corrected chi connectivity index (χ1v) is 9.17. The molecule has 1 heterocycles. The molecule has 2 aliphatic carbocycles. The van der Waals surface area contributed by atoms with Crippen LogP contribution in [0.5, 0.6) is 0 Å². The van der Waals surface area contributed by atoms with Gasteiger partial charge in [-0.05, 0) is 63.2 Å². The summed E-state index contributed by atoms with van der Waals surface area (Å²) in [5.74, 6) is -0.809. The Morgan fingerprint density at radius 1 is 1.36 bits per heavy atom. The lowest BCUT2D eigenvalue weighted by molar-refractivity contribution is -0.162. The first kappa shape index (κ1) is 18.2. The van der Waals surface area contributed by atoms with Crippen molar-refractivity contribution in [1.82, 2.24) is 0 Å². The van der Waals surface area contributed by atoms with Crippen molar-refractivity contribution in [3.05, 3.63) is 23.3 Å². The molecule has 0 unspecified atom stereocenters. The summed E-state index contributed by atoms with van der Waals surface area (Å²) in [6.07, 6.45) is 7.33. The fraction of sp³-hybridized carbons (Fsp3) is 0.700. The molecule has 0 radical (unpaired) electrons. The minimum atomic E-state index is -1.13. The zero-order valence-corrected chi connectivity index (χ0v) is 15.2. The lowest BCUT2D eigenvalue weighted by Crippen LogP contribution is -2.52. The van der Waals surface area contributed by atoms with E-state index in [1.165, 1.54) is 11.6 Å². The van der Waals surface area contributed by atoms with Crippen molar-refractivity contribution in [3.8, 4) is 0 Å². The second kappa shape index (κ2) is 6.27. The van der Waals surface area contributed by atoms with Crippen LogP contribution in [0.2, 0.25) is 0 Å². The van der Waals surface area contributed by atoms with Crippen molar-refractivity contribution >= 4 is 11.9 Å². The summed E-state index contributed by atoms with van der Waals surface area (Å²) in [4.78, 5) is 23.3. The Bertz CT molecular complexity index is 648. The molecule has 138 valence electrons. The highest BCUT2D eigenvalue weighted by atomic mass is 16.6. The Labute approximate surface area is 148 Å². The van der Waals surface area contributed by atoms with Gasteiger partial charge in [0, 0.05) is 11.6 Å². The molecule has 0 amide bonds. The normalized spacial score (nSPS) is 40.8. The summed E-state index contributed by atoms with van der Waals surface area (Å²) in [6, 6.07) is 0. The maximum Gasteiger partial charge on any atom is 0.333 e. The van der Waals surface area contributed by atoms with E-state index < -0.39 is 23.6 Å². The average molecular weight is 348 g/mol. The number of hydrogen-bond donors (Lipinski definition) is 2. The fourth-order valence-electron chi connectivity index (χ4n) is 5.59. The van der Waals surface area contributed by atoms with Gasteiger partial charge < -0.3 is 14.9 Å². The van der Waals surface area contributed by atoms with Gasteiger partial charge in [-0.3, -0.25) is 4.79 Å². The van der Waals surface area contributed by atoms with Crippen LogP contribution in [0.4, 0.5) is 0 Å². The van der Waals surface area contributed by atoms with E-state index in [0.717, 1.165) is 32.1 Å². The molecule has 0 bridgehead atoms. The van der Waals surface area contributed by atoms with E-state index in [4.69, 9.17) is 4.74 Å². The SMILES string of the molecule is CC1=CC[C@@H]2[C@](C)(CCC[C@@]2(C)C(=O)O)[C@H]1CCC1=CC(=O)O[C@@H]1O. The van der Waals surface area contributed by atoms with E-state index in [1.807, 2.05) is 6.92 Å². The highest BCUT2D eigenvalue weighted by Crippen LogP contribution is 2.60. The molecule has 0 aromatic carbocycles. The number of carbonyl (C=O) groups is 2. The zero-order chi connectivity index (χ0) is 18.4. The third-order valence-corrected chi connectivity index (χ3v) is 7.06. The van der Waals surface area contributed by atoms with Crippen LogP contribution in [0.3, 0.4) is 0 Å². The van der Waals surface area contributed by atoms with Gasteiger partial charge in [0.25, 0.3) is 0 Å². The molecule has 0 aromatic rings. The van der Waals surface area contributed by atoms with Crippen LogP contribution < -0.4 is 0 Å². The number of esters is 1. The van der Waals surface area contributed by atoms with Crippen LogP contribution in [0.15, 0.2) is 23.3 Å². The molecule has 5 nitrogen and oxygen atoms in total. The Morgan fingerprint density at radius 2 is 2.08 bits per heavy atom. The standard InChI is InChI=1S/C20H28O5/c1-12-5-8-15-19(2,9-4-10-20(15,3)18(23)24)14(12)7-6-13-11-16(21)25-17(13)22/h5,11,14-15,17,22H,4,6-10H2,1-3H3,(H,23,24)/t14-,15+,17-,19+,20+/m0/s1. The molecule has 1 aliphatic heterocycles. The number of carboxylic acids is 1. The third kappa shape index (κ3) is 2.92. The predicted molar refractivity (Wildman–Crippen MR) is 92.5 cm³/mol. The van der Waals surface area contributed by atoms with Crippen LogP contribution in [-0.2, 0) is 14.3 Å². The van der Waals surface area contributed by atoms with Gasteiger partial charge in [0.1, 0.15) is 0 Å². The number of carbonyl (C=O) groups excluding carboxylic acids is 1. The minimum absolute atomic E-state index is 0.0702. The van der Waals surface area contributed by atoms with Crippen molar-refractivity contribution in [1.29, 1.82) is 0 Å². The Balaban J connectivity index is 1.84. The predicted octanol–water partition coefficient (Wildman–Crippen LogP) is 3.43. The number of aliphatic hydroxyl groups is 1. The zero-order valence-electron chi connectivity index (χ0n) is 15.2. The molecule has 5 heteroatoms. The molecule has 2 N–H and O–H groups in total. The van der Waals surface area contributed by atoms with Gasteiger partial charge in [-0.15, -0.1) is 0 Å². The number of fused-ring (bicyclic) bond motifs is 1. The molecule has 1 fully saturated rings. The smallest absolute Gasteiger partial charge is 0.333 e. The Morgan fingerprint density at radius 3 is 2.68 bits per heavy atom. The van der Waals surface area contributed by atoms with Crippen LogP contribution in [-0.4, -0.2) is 28.4 Å². The number of allylic oxidation sites excluding steroid dienone is 2. The quantitative estimate of drug-likeness (QED) is 0.601. The lowest BCUT2D eigenvalue weighted by Gasteiger charge is -2.56. The molecule has 0 aromatic heterocycles. The van der Waals surface area contributed by atoms with Crippen molar-refractivity contribution in [2.75, 3.05) is 0 Å². The first-order chi connectivity index (χ1) is 11.7. The summed E-state index contributed by atoms with van der Waals surface area (Å²) >= 11 is 0. The minimum Gasteiger partial charge on any atom is -0.481 e. The van der Waals surface area contributed by atoms with E-state index in [1.54, 1.807) is 0 Å². The van der Waals surface area contributed by atoms with Crippen LogP contribution >= 0.6 is 0 Å². The Kier molecular flexibility index (Phi) is 4.56. The highest BCUT2D eigenvalue weighted by Gasteiger charge is 2.56. The highest BCUT2D eigenvalue weighted by molar-refractivity contribution is 5.85. The van der Waals surface area contributed by atoms with E-state index in [-0.39, 0.29) is 17.3 Å². The van der Waals surface area contributed by atoms with Crippen molar-refractivity contribution in [2.24, 2.45) is 22.7 Å². The van der Waals surface area contributed by atoms with Gasteiger partial charge in [0.05, 0.1) is 5.41 Å². The van der Waals surface area contributed by atoms with Crippen LogP contribution in [0.1, 0.15) is 59.3 Å². The first-order valence-electron chi connectivity index (χ1n) is 9.17. The monoisotopic (exact) mass is 348 g/mol. The van der Waals surface area contributed by atoms with E-state index in [9.17, 15) is 19.8 Å². The van der Waals surface area contributed by atoms with Gasteiger partial charge in [-0.1, -0.05) is 25.0 Å². The number of carboxylic acid groups (broad SMARTS) is 1. The molecule has 3 aliphatic rings. The van der Waals surface area contributed by atoms with Gasteiger partial charge >= 0.3 is 11.9 Å². The summed E-state index contributed by atoms with van der Waals surface area (Å²) in [6.45, 7) is 6.26. The number of hydrogen-bond acceptors (Lipinski definition) is 4. The van der Waals surface area contributed by atoms with E-state index >= 15 is 0 Å². The molecule has 3 rings (SSSR count). The maximum absolute atomic E-state index is 12.0. The largest absolute Gasteiger partial charge is 0.481 e. The second-order valence-electron chi connectivity index (χ2n) is 8.42. The summed E-state index contributed by atoms with van der Waals surface area (Å²) in [5.41, 5.74) is 1.17. The van der Waals surface area contributed by atoms with Crippen molar-refractivity contribution in [3.63, 3.8) is 0 Å². The van der Waals surface area contributed by atoms with Crippen LogP contribution in [0.25, 0.3) is 0 Å². The fourth-order valence-corrected chi connectivity index (χ4v) is 5.59. The maximum atomic E-state index is 12.0. The van der Waals surface area contributed by atoms with Gasteiger partial charge in [-0.2, -0.15) is 0 Å². The number of aliphatic hydroxyl groups excluding tert-OH is 1. The number of ether oxygens (including phenoxy) is 1. The van der Waals surface area contributed by atoms with Crippen molar-refractivity contribution in [2.45, 2.75) is 65.6 Å². The van der Waals surface area contributed by atoms with E-state index in [0.29, 0.717) is 12.0 Å². The number of cyclic esters (lactones) is 1. The van der Waals surface area contributed by atoms with Gasteiger partial charge in [0.15, 0.2) is 0 Å².